The van der Waals surface area contributed by atoms with Gasteiger partial charge in [0.25, 0.3) is 5.91 Å². The zero-order valence-corrected chi connectivity index (χ0v) is 13.7. The summed E-state index contributed by atoms with van der Waals surface area (Å²) in [5.41, 5.74) is 1.09. The summed E-state index contributed by atoms with van der Waals surface area (Å²) < 4.78 is 17.9. The molecule has 0 aliphatic carbocycles. The molecule has 2 aromatic rings. The summed E-state index contributed by atoms with van der Waals surface area (Å²) in [5.74, 6) is -1.85. The molecule has 0 aliphatic heterocycles. The first-order valence-electron chi connectivity index (χ1n) is 7.49. The largest absolute Gasteiger partial charge is 0.452 e. The normalized spacial score (nSPS) is 10.2. The minimum Gasteiger partial charge on any atom is -0.452 e. The molecule has 0 unspecified atom stereocenters. The van der Waals surface area contributed by atoms with E-state index in [1.54, 1.807) is 0 Å². The van der Waals surface area contributed by atoms with Crippen molar-refractivity contribution in [2.24, 2.45) is 0 Å². The van der Waals surface area contributed by atoms with Crippen LogP contribution < -0.4 is 5.32 Å². The first-order chi connectivity index (χ1) is 11.6. The maximum atomic E-state index is 13.1. The molecule has 0 heterocycles. The van der Waals surface area contributed by atoms with Crippen LogP contribution in [0, 0.1) is 5.82 Å². The molecule has 0 radical (unpaired) electrons. The quantitative estimate of drug-likeness (QED) is 0.616. The minimum atomic E-state index is -0.834. The summed E-state index contributed by atoms with van der Waals surface area (Å²) in [6, 6.07) is 13.3. The van der Waals surface area contributed by atoms with Gasteiger partial charge in [-0.3, -0.25) is 4.79 Å². The van der Waals surface area contributed by atoms with E-state index in [1.807, 2.05) is 30.3 Å². The third kappa shape index (κ3) is 5.66. The van der Waals surface area contributed by atoms with Crippen molar-refractivity contribution in [2.45, 2.75) is 12.8 Å². The van der Waals surface area contributed by atoms with Gasteiger partial charge in [0.15, 0.2) is 6.61 Å². The van der Waals surface area contributed by atoms with Crippen molar-refractivity contribution in [2.75, 3.05) is 13.2 Å². The highest BCUT2D eigenvalue weighted by Gasteiger charge is 2.14. The number of hydrogen-bond donors (Lipinski definition) is 1. The van der Waals surface area contributed by atoms with E-state index >= 15 is 0 Å². The van der Waals surface area contributed by atoms with Crippen molar-refractivity contribution < 1.29 is 18.7 Å². The van der Waals surface area contributed by atoms with Gasteiger partial charge in [-0.05, 0) is 36.6 Å². The molecule has 0 saturated heterocycles. The number of benzene rings is 2. The third-order valence-electron chi connectivity index (χ3n) is 3.29. The van der Waals surface area contributed by atoms with Gasteiger partial charge in [-0.25, -0.2) is 9.18 Å². The lowest BCUT2D eigenvalue weighted by atomic mass is 10.1. The summed E-state index contributed by atoms with van der Waals surface area (Å²) in [7, 11) is 0. The molecule has 0 saturated carbocycles. The van der Waals surface area contributed by atoms with E-state index in [1.165, 1.54) is 11.6 Å². The smallest absolute Gasteiger partial charge is 0.340 e. The van der Waals surface area contributed by atoms with Gasteiger partial charge in [0.2, 0.25) is 0 Å². The highest BCUT2D eigenvalue weighted by molar-refractivity contribution is 6.33. The number of aryl methyl sites for hydroxylation is 1. The average Bonchev–Trinajstić information content (AvgIpc) is 2.59. The second kappa shape index (κ2) is 9.03. The lowest BCUT2D eigenvalue weighted by Gasteiger charge is -2.07. The molecule has 0 aliphatic rings. The van der Waals surface area contributed by atoms with E-state index in [0.29, 0.717) is 6.54 Å². The monoisotopic (exact) mass is 349 g/mol. The molecule has 0 aromatic heterocycles. The molecule has 2 rings (SSSR count). The van der Waals surface area contributed by atoms with E-state index in [4.69, 9.17) is 16.3 Å². The predicted octanol–water partition coefficient (Wildman–Crippen LogP) is 3.38. The molecule has 0 bridgehead atoms. The van der Waals surface area contributed by atoms with Gasteiger partial charge in [0, 0.05) is 6.54 Å². The van der Waals surface area contributed by atoms with Crippen molar-refractivity contribution in [3.8, 4) is 0 Å². The fourth-order valence-corrected chi connectivity index (χ4v) is 2.27. The number of halogens is 2. The topological polar surface area (TPSA) is 55.4 Å². The summed E-state index contributed by atoms with van der Waals surface area (Å²) in [4.78, 5) is 23.4. The fraction of sp³-hybridized carbons (Fsp3) is 0.222. The number of esters is 1. The predicted molar refractivity (Wildman–Crippen MR) is 89.5 cm³/mol. The van der Waals surface area contributed by atoms with Gasteiger partial charge in [-0.2, -0.15) is 0 Å². The Kier molecular flexibility index (Phi) is 6.75. The first-order valence-corrected chi connectivity index (χ1v) is 7.87. The maximum absolute atomic E-state index is 13.1. The lowest BCUT2D eigenvalue weighted by Crippen LogP contribution is -2.29. The Morgan fingerprint density at radius 2 is 1.88 bits per heavy atom. The van der Waals surface area contributed by atoms with Crippen LogP contribution in [0.3, 0.4) is 0 Å². The van der Waals surface area contributed by atoms with Crippen LogP contribution in [0.25, 0.3) is 0 Å². The van der Waals surface area contributed by atoms with E-state index < -0.39 is 24.3 Å². The van der Waals surface area contributed by atoms with Crippen LogP contribution in [0.1, 0.15) is 22.3 Å². The van der Waals surface area contributed by atoms with E-state index in [9.17, 15) is 14.0 Å². The molecule has 2 aromatic carbocycles. The first kappa shape index (κ1) is 17.9. The maximum Gasteiger partial charge on any atom is 0.340 e. The number of carbonyl (C=O) groups is 2. The third-order valence-corrected chi connectivity index (χ3v) is 3.62. The van der Waals surface area contributed by atoms with Gasteiger partial charge in [-0.15, -0.1) is 0 Å². The van der Waals surface area contributed by atoms with Crippen molar-refractivity contribution in [1.29, 1.82) is 0 Å². The van der Waals surface area contributed by atoms with Gasteiger partial charge >= 0.3 is 5.97 Å². The van der Waals surface area contributed by atoms with Crippen molar-refractivity contribution in [3.63, 3.8) is 0 Å². The minimum absolute atomic E-state index is 0.0738. The molecule has 0 fully saturated rings. The summed E-state index contributed by atoms with van der Waals surface area (Å²) in [6.07, 6.45) is 1.62. The summed E-state index contributed by atoms with van der Waals surface area (Å²) in [5, 5.41) is 2.74. The Morgan fingerprint density at radius 1 is 1.12 bits per heavy atom. The molecule has 6 heteroatoms. The molecule has 0 atom stereocenters. The van der Waals surface area contributed by atoms with Crippen LogP contribution in [0.5, 0.6) is 0 Å². The average molecular weight is 350 g/mol. The van der Waals surface area contributed by atoms with Gasteiger partial charge in [-0.1, -0.05) is 41.9 Å². The highest BCUT2D eigenvalue weighted by atomic mass is 35.5. The lowest BCUT2D eigenvalue weighted by molar-refractivity contribution is -0.124. The van der Waals surface area contributed by atoms with Crippen LogP contribution in [0.2, 0.25) is 5.02 Å². The molecule has 1 N–H and O–H groups in total. The molecule has 126 valence electrons. The molecule has 4 nitrogen and oxygen atoms in total. The second-order valence-corrected chi connectivity index (χ2v) is 5.55. The summed E-state index contributed by atoms with van der Waals surface area (Å²) >= 11 is 5.80. The highest BCUT2D eigenvalue weighted by Crippen LogP contribution is 2.17. The Bertz CT molecular complexity index is 707. The number of hydrogen-bond acceptors (Lipinski definition) is 3. The molecular weight excluding hydrogens is 333 g/mol. The second-order valence-electron chi connectivity index (χ2n) is 5.14. The number of rotatable bonds is 7. The van der Waals surface area contributed by atoms with Crippen LogP contribution in [-0.2, 0) is 16.0 Å². The number of nitrogens with one attached hydrogen (secondary N) is 1. The Labute approximate surface area is 144 Å². The number of ether oxygens (including phenoxy) is 1. The molecule has 24 heavy (non-hydrogen) atoms. The zero-order valence-electron chi connectivity index (χ0n) is 12.9. The SMILES string of the molecule is O=C(COC(=O)c1cc(F)ccc1Cl)NCCCc1ccccc1. The van der Waals surface area contributed by atoms with Gasteiger partial charge < -0.3 is 10.1 Å². The van der Waals surface area contributed by atoms with E-state index in [0.717, 1.165) is 25.0 Å². The van der Waals surface area contributed by atoms with Crippen LogP contribution >= 0.6 is 11.6 Å². The van der Waals surface area contributed by atoms with E-state index in [2.05, 4.69) is 5.32 Å². The fourth-order valence-electron chi connectivity index (χ4n) is 2.08. The Balaban J connectivity index is 1.69. The van der Waals surface area contributed by atoms with Crippen molar-refractivity contribution in [3.05, 3.63) is 70.5 Å². The Hall–Kier alpha value is -2.40. The van der Waals surface area contributed by atoms with Crippen LogP contribution in [-0.4, -0.2) is 25.0 Å². The number of carbonyl (C=O) groups excluding carboxylic acids is 2. The summed E-state index contributed by atoms with van der Waals surface area (Å²) in [6.45, 7) is 0.0447. The molecular formula is C18H17ClFNO3. The van der Waals surface area contributed by atoms with Crippen molar-refractivity contribution in [1.82, 2.24) is 5.32 Å². The van der Waals surface area contributed by atoms with Crippen LogP contribution in [0.4, 0.5) is 4.39 Å². The Morgan fingerprint density at radius 3 is 2.62 bits per heavy atom. The zero-order chi connectivity index (χ0) is 17.4. The number of amides is 1. The standard InChI is InChI=1S/C18H17ClFNO3/c19-16-9-8-14(20)11-15(16)18(23)24-12-17(22)21-10-4-7-13-5-2-1-3-6-13/h1-3,5-6,8-9,11H,4,7,10,12H2,(H,21,22). The van der Waals surface area contributed by atoms with E-state index in [-0.39, 0.29) is 10.6 Å². The molecule has 1 amide bonds. The van der Waals surface area contributed by atoms with Gasteiger partial charge in [0.05, 0.1) is 10.6 Å². The molecule has 0 spiro atoms. The van der Waals surface area contributed by atoms with Crippen LogP contribution in [0.15, 0.2) is 48.5 Å². The van der Waals surface area contributed by atoms with Crippen molar-refractivity contribution >= 4 is 23.5 Å². The van der Waals surface area contributed by atoms with Gasteiger partial charge in [0.1, 0.15) is 5.82 Å².